The van der Waals surface area contributed by atoms with Gasteiger partial charge in [-0.2, -0.15) is 0 Å². The van der Waals surface area contributed by atoms with Crippen LogP contribution in [-0.4, -0.2) is 47.3 Å². The Hall–Kier alpha value is -1.79. The van der Waals surface area contributed by atoms with Crippen LogP contribution in [0, 0.1) is 0 Å². The van der Waals surface area contributed by atoms with Gasteiger partial charge in [-0.1, -0.05) is 29.3 Å². The molecule has 2 heterocycles. The predicted octanol–water partition coefficient (Wildman–Crippen LogP) is 2.38. The largest absolute Gasteiger partial charge is 0.341 e. The number of likely N-dealkylation sites (tertiary alicyclic amines) is 1. The van der Waals surface area contributed by atoms with E-state index < -0.39 is 17.5 Å². The third-order valence-corrected chi connectivity index (χ3v) is 5.26. The van der Waals surface area contributed by atoms with Crippen molar-refractivity contribution in [2.45, 2.75) is 25.3 Å². The summed E-state index contributed by atoms with van der Waals surface area (Å²) in [5, 5.41) is 3.31. The molecule has 0 radical (unpaired) electrons. The van der Waals surface area contributed by atoms with Crippen molar-refractivity contribution in [2.75, 3.05) is 19.6 Å². The predicted molar refractivity (Wildman–Crippen MR) is 89.9 cm³/mol. The molecule has 1 atom stereocenters. The molecule has 8 heteroatoms. The van der Waals surface area contributed by atoms with E-state index in [0.717, 1.165) is 17.7 Å². The van der Waals surface area contributed by atoms with Crippen LogP contribution in [0.4, 0.5) is 4.79 Å². The van der Waals surface area contributed by atoms with Crippen LogP contribution in [0.3, 0.4) is 0 Å². The standard InChI is InChI=1S/C16H17Cl2N3O3/c1-16(10-4-5-11(17)12(18)8-10)14(23)21(15(24)19-16)9-13(22)20-6-2-3-7-20/h4-5,8H,2-3,6-7,9H2,1H3,(H,19,24). The molecule has 2 aliphatic rings. The molecule has 128 valence electrons. The van der Waals surface area contributed by atoms with Gasteiger partial charge in [0.1, 0.15) is 12.1 Å². The number of hydrogen-bond donors (Lipinski definition) is 1. The first-order valence-electron chi connectivity index (χ1n) is 7.70. The number of imide groups is 1. The van der Waals surface area contributed by atoms with Crippen molar-refractivity contribution in [2.24, 2.45) is 0 Å². The highest BCUT2D eigenvalue weighted by Gasteiger charge is 2.49. The summed E-state index contributed by atoms with van der Waals surface area (Å²) in [5.41, 5.74) is -0.747. The minimum Gasteiger partial charge on any atom is -0.341 e. The fourth-order valence-electron chi connectivity index (χ4n) is 3.05. The van der Waals surface area contributed by atoms with Crippen molar-refractivity contribution < 1.29 is 14.4 Å². The van der Waals surface area contributed by atoms with Gasteiger partial charge >= 0.3 is 6.03 Å². The van der Waals surface area contributed by atoms with Crippen molar-refractivity contribution in [3.8, 4) is 0 Å². The summed E-state index contributed by atoms with van der Waals surface area (Å²) < 4.78 is 0. The fourth-order valence-corrected chi connectivity index (χ4v) is 3.34. The van der Waals surface area contributed by atoms with Gasteiger partial charge in [0, 0.05) is 13.1 Å². The Morgan fingerprint density at radius 3 is 2.50 bits per heavy atom. The number of nitrogens with zero attached hydrogens (tertiary/aromatic N) is 2. The van der Waals surface area contributed by atoms with E-state index in [1.807, 2.05) is 0 Å². The lowest BCUT2D eigenvalue weighted by atomic mass is 9.92. The van der Waals surface area contributed by atoms with E-state index in [1.165, 1.54) is 0 Å². The molecule has 1 aromatic carbocycles. The highest BCUT2D eigenvalue weighted by Crippen LogP contribution is 2.33. The van der Waals surface area contributed by atoms with Gasteiger partial charge in [0.15, 0.2) is 0 Å². The summed E-state index contributed by atoms with van der Waals surface area (Å²) in [6.07, 6.45) is 1.90. The number of carbonyl (C=O) groups excluding carboxylic acids is 3. The molecule has 0 spiro atoms. The summed E-state index contributed by atoms with van der Waals surface area (Å²) in [4.78, 5) is 39.9. The molecule has 1 unspecified atom stereocenters. The van der Waals surface area contributed by atoms with E-state index in [1.54, 1.807) is 30.0 Å². The van der Waals surface area contributed by atoms with Crippen LogP contribution >= 0.6 is 23.2 Å². The number of halogens is 2. The van der Waals surface area contributed by atoms with Crippen molar-refractivity contribution in [3.63, 3.8) is 0 Å². The zero-order valence-electron chi connectivity index (χ0n) is 13.1. The average Bonchev–Trinajstić information content (AvgIpc) is 3.14. The lowest BCUT2D eigenvalue weighted by Crippen LogP contribution is -2.43. The number of nitrogens with one attached hydrogen (secondary N) is 1. The normalized spacial score (nSPS) is 23.8. The Morgan fingerprint density at radius 1 is 1.21 bits per heavy atom. The summed E-state index contributed by atoms with van der Waals surface area (Å²) in [6.45, 7) is 2.69. The summed E-state index contributed by atoms with van der Waals surface area (Å²) in [5.74, 6) is -0.687. The molecule has 1 N–H and O–H groups in total. The van der Waals surface area contributed by atoms with Gasteiger partial charge in [-0.05, 0) is 37.5 Å². The molecule has 2 aliphatic heterocycles. The second-order valence-electron chi connectivity index (χ2n) is 6.16. The Bertz CT molecular complexity index is 719. The van der Waals surface area contributed by atoms with Crippen molar-refractivity contribution in [1.82, 2.24) is 15.1 Å². The average molecular weight is 370 g/mol. The van der Waals surface area contributed by atoms with Crippen LogP contribution in [0.5, 0.6) is 0 Å². The van der Waals surface area contributed by atoms with Crippen molar-refractivity contribution >= 4 is 41.0 Å². The Kier molecular flexibility index (Phi) is 4.44. The van der Waals surface area contributed by atoms with Crippen LogP contribution < -0.4 is 5.32 Å². The second kappa shape index (κ2) is 6.26. The van der Waals surface area contributed by atoms with Gasteiger partial charge in [0.25, 0.3) is 5.91 Å². The smallest absolute Gasteiger partial charge is 0.325 e. The maximum Gasteiger partial charge on any atom is 0.325 e. The third kappa shape index (κ3) is 2.84. The van der Waals surface area contributed by atoms with Crippen LogP contribution in [0.25, 0.3) is 0 Å². The Morgan fingerprint density at radius 2 is 1.88 bits per heavy atom. The number of benzene rings is 1. The van der Waals surface area contributed by atoms with Crippen LogP contribution in [0.2, 0.25) is 10.0 Å². The molecule has 2 saturated heterocycles. The minimum atomic E-state index is -1.27. The highest BCUT2D eigenvalue weighted by molar-refractivity contribution is 6.42. The summed E-state index contributed by atoms with van der Waals surface area (Å²) >= 11 is 11.9. The number of hydrogen-bond acceptors (Lipinski definition) is 3. The third-order valence-electron chi connectivity index (χ3n) is 4.52. The molecule has 4 amide bonds. The van der Waals surface area contributed by atoms with E-state index in [2.05, 4.69) is 5.32 Å². The van der Waals surface area contributed by atoms with Gasteiger partial charge in [-0.3, -0.25) is 14.5 Å². The topological polar surface area (TPSA) is 69.7 Å². The maximum absolute atomic E-state index is 12.8. The highest BCUT2D eigenvalue weighted by atomic mass is 35.5. The lowest BCUT2D eigenvalue weighted by molar-refractivity contribution is -0.138. The maximum atomic E-state index is 12.8. The fraction of sp³-hybridized carbons (Fsp3) is 0.438. The zero-order chi connectivity index (χ0) is 17.5. The Labute approximate surface area is 149 Å². The SMILES string of the molecule is CC1(c2ccc(Cl)c(Cl)c2)NC(=O)N(CC(=O)N2CCCC2)C1=O. The molecular formula is C16H17Cl2N3O3. The molecule has 3 rings (SSSR count). The number of amides is 4. The monoisotopic (exact) mass is 369 g/mol. The Balaban J connectivity index is 1.82. The van der Waals surface area contributed by atoms with Gasteiger partial charge in [-0.15, -0.1) is 0 Å². The van der Waals surface area contributed by atoms with E-state index >= 15 is 0 Å². The van der Waals surface area contributed by atoms with Crippen LogP contribution in [0.15, 0.2) is 18.2 Å². The second-order valence-corrected chi connectivity index (χ2v) is 6.98. The number of urea groups is 1. The first kappa shape index (κ1) is 17.0. The van der Waals surface area contributed by atoms with Gasteiger partial charge in [0.05, 0.1) is 10.0 Å². The molecule has 6 nitrogen and oxygen atoms in total. The molecule has 0 aromatic heterocycles. The summed E-state index contributed by atoms with van der Waals surface area (Å²) in [6, 6.07) is 4.18. The molecule has 0 aliphatic carbocycles. The lowest BCUT2D eigenvalue weighted by Gasteiger charge is -2.23. The van der Waals surface area contributed by atoms with E-state index in [-0.39, 0.29) is 12.5 Å². The van der Waals surface area contributed by atoms with E-state index in [4.69, 9.17) is 23.2 Å². The first-order chi connectivity index (χ1) is 11.3. The molecule has 1 aromatic rings. The first-order valence-corrected chi connectivity index (χ1v) is 8.46. The number of carbonyl (C=O) groups is 3. The van der Waals surface area contributed by atoms with Crippen molar-refractivity contribution in [3.05, 3.63) is 33.8 Å². The van der Waals surface area contributed by atoms with Gasteiger partial charge in [-0.25, -0.2) is 4.79 Å². The molecule has 0 bridgehead atoms. The van der Waals surface area contributed by atoms with Crippen LogP contribution in [0.1, 0.15) is 25.3 Å². The van der Waals surface area contributed by atoms with Crippen LogP contribution in [-0.2, 0) is 15.1 Å². The number of rotatable bonds is 3. The summed E-state index contributed by atoms with van der Waals surface area (Å²) in [7, 11) is 0. The molecule has 24 heavy (non-hydrogen) atoms. The van der Waals surface area contributed by atoms with Gasteiger partial charge < -0.3 is 10.2 Å². The minimum absolute atomic E-state index is 0.214. The molecular weight excluding hydrogens is 353 g/mol. The quantitative estimate of drug-likeness (QED) is 0.831. The van der Waals surface area contributed by atoms with Gasteiger partial charge in [0.2, 0.25) is 5.91 Å². The van der Waals surface area contributed by atoms with E-state index in [9.17, 15) is 14.4 Å². The van der Waals surface area contributed by atoms with E-state index in [0.29, 0.717) is 28.7 Å². The molecule has 0 saturated carbocycles. The van der Waals surface area contributed by atoms with Crippen molar-refractivity contribution in [1.29, 1.82) is 0 Å². The molecule has 2 fully saturated rings. The zero-order valence-corrected chi connectivity index (χ0v) is 14.7.